The molecule has 1 aromatic rings. The molecule has 0 spiro atoms. The lowest BCUT2D eigenvalue weighted by Gasteiger charge is -2.18. The van der Waals surface area contributed by atoms with Crippen molar-refractivity contribution < 1.29 is 19.5 Å². The largest absolute Gasteiger partial charge is 0.480 e. The van der Waals surface area contributed by atoms with E-state index in [1.54, 1.807) is 0 Å². The standard InChI is InChI=1S/C14H16N2O4S/c17-12(9-16-6-7-21-14(16)20)15-11(13(18)19)8-10-4-2-1-3-5-10/h1-5,11H,6-9H2,(H,15,17)(H,18,19)/t11-/m1/s1. The molecule has 21 heavy (non-hydrogen) atoms. The van der Waals surface area contributed by atoms with Gasteiger partial charge in [-0.15, -0.1) is 0 Å². The molecule has 0 saturated carbocycles. The van der Waals surface area contributed by atoms with Gasteiger partial charge in [-0.25, -0.2) is 4.79 Å². The first-order valence-electron chi connectivity index (χ1n) is 6.54. The zero-order chi connectivity index (χ0) is 15.2. The summed E-state index contributed by atoms with van der Waals surface area (Å²) in [5.41, 5.74) is 0.831. The molecular weight excluding hydrogens is 292 g/mol. The Morgan fingerprint density at radius 3 is 2.62 bits per heavy atom. The summed E-state index contributed by atoms with van der Waals surface area (Å²) in [6, 6.07) is 8.09. The highest BCUT2D eigenvalue weighted by atomic mass is 32.2. The smallest absolute Gasteiger partial charge is 0.326 e. The second kappa shape index (κ2) is 7.12. The minimum absolute atomic E-state index is 0.0929. The number of carboxylic acids is 1. The van der Waals surface area contributed by atoms with Gasteiger partial charge in [-0.3, -0.25) is 9.59 Å². The summed E-state index contributed by atoms with van der Waals surface area (Å²) >= 11 is 1.17. The van der Waals surface area contributed by atoms with Gasteiger partial charge in [-0.1, -0.05) is 42.1 Å². The Morgan fingerprint density at radius 2 is 2.05 bits per heavy atom. The average molecular weight is 308 g/mol. The Morgan fingerprint density at radius 1 is 1.33 bits per heavy atom. The first-order valence-corrected chi connectivity index (χ1v) is 7.52. The fourth-order valence-corrected chi connectivity index (χ4v) is 2.86. The number of carboxylic acid groups (broad SMARTS) is 1. The van der Waals surface area contributed by atoms with Crippen LogP contribution in [0, 0.1) is 0 Å². The van der Waals surface area contributed by atoms with Gasteiger partial charge < -0.3 is 15.3 Å². The molecule has 2 N–H and O–H groups in total. The molecular formula is C14H16N2O4S. The van der Waals surface area contributed by atoms with Crippen molar-refractivity contribution in [2.24, 2.45) is 0 Å². The van der Waals surface area contributed by atoms with E-state index in [-0.39, 0.29) is 18.2 Å². The van der Waals surface area contributed by atoms with Crippen molar-refractivity contribution in [2.45, 2.75) is 12.5 Å². The number of aliphatic carboxylic acids is 1. The van der Waals surface area contributed by atoms with Crippen LogP contribution in [0.1, 0.15) is 5.56 Å². The lowest BCUT2D eigenvalue weighted by molar-refractivity contribution is -0.141. The predicted octanol–water partition coefficient (Wildman–Crippen LogP) is 0.967. The molecule has 1 aliphatic rings. The Balaban J connectivity index is 1.91. The summed E-state index contributed by atoms with van der Waals surface area (Å²) in [4.78, 5) is 35.9. The summed E-state index contributed by atoms with van der Waals surface area (Å²) in [5, 5.41) is 11.5. The van der Waals surface area contributed by atoms with E-state index in [0.717, 1.165) is 5.56 Å². The molecule has 0 radical (unpaired) electrons. The fourth-order valence-electron chi connectivity index (χ4n) is 2.03. The van der Waals surface area contributed by atoms with Crippen LogP contribution in [0.5, 0.6) is 0 Å². The fraction of sp³-hybridized carbons (Fsp3) is 0.357. The molecule has 0 bridgehead atoms. The van der Waals surface area contributed by atoms with Crippen molar-refractivity contribution in [3.8, 4) is 0 Å². The number of nitrogens with one attached hydrogen (secondary N) is 1. The molecule has 0 aromatic heterocycles. The number of amides is 2. The third kappa shape index (κ3) is 4.49. The van der Waals surface area contributed by atoms with Crippen molar-refractivity contribution in [3.05, 3.63) is 35.9 Å². The number of carbonyl (C=O) groups is 3. The van der Waals surface area contributed by atoms with E-state index < -0.39 is 17.9 Å². The van der Waals surface area contributed by atoms with Gasteiger partial charge in [0.25, 0.3) is 5.24 Å². The number of hydrogen-bond acceptors (Lipinski definition) is 4. The molecule has 1 aromatic carbocycles. The van der Waals surface area contributed by atoms with E-state index in [9.17, 15) is 19.5 Å². The van der Waals surface area contributed by atoms with Gasteiger partial charge in [0.1, 0.15) is 12.6 Å². The maximum absolute atomic E-state index is 11.9. The molecule has 2 amide bonds. The first-order chi connectivity index (χ1) is 10.1. The van der Waals surface area contributed by atoms with E-state index in [4.69, 9.17) is 0 Å². The maximum Gasteiger partial charge on any atom is 0.326 e. The minimum Gasteiger partial charge on any atom is -0.480 e. The molecule has 2 rings (SSSR count). The second-order valence-electron chi connectivity index (χ2n) is 4.68. The van der Waals surface area contributed by atoms with Crippen LogP contribution in [0.15, 0.2) is 30.3 Å². The van der Waals surface area contributed by atoms with E-state index in [0.29, 0.717) is 12.3 Å². The highest BCUT2D eigenvalue weighted by Crippen LogP contribution is 2.16. The monoisotopic (exact) mass is 308 g/mol. The van der Waals surface area contributed by atoms with Crippen LogP contribution >= 0.6 is 11.8 Å². The van der Waals surface area contributed by atoms with Crippen molar-refractivity contribution in [1.29, 1.82) is 0 Å². The SMILES string of the molecule is O=C(CN1CCSC1=O)N[C@H](Cc1ccccc1)C(=O)O. The molecule has 1 fully saturated rings. The van der Waals surface area contributed by atoms with Crippen LogP contribution < -0.4 is 5.32 Å². The van der Waals surface area contributed by atoms with Gasteiger partial charge in [0.15, 0.2) is 0 Å². The van der Waals surface area contributed by atoms with Crippen LogP contribution in [0.2, 0.25) is 0 Å². The van der Waals surface area contributed by atoms with E-state index in [2.05, 4.69) is 5.32 Å². The van der Waals surface area contributed by atoms with Crippen LogP contribution in [0.25, 0.3) is 0 Å². The Labute approximate surface area is 126 Å². The van der Waals surface area contributed by atoms with Gasteiger partial charge in [-0.2, -0.15) is 0 Å². The van der Waals surface area contributed by atoms with Crippen LogP contribution in [0.3, 0.4) is 0 Å². The van der Waals surface area contributed by atoms with Crippen molar-refractivity contribution in [2.75, 3.05) is 18.8 Å². The van der Waals surface area contributed by atoms with Crippen LogP contribution in [-0.2, 0) is 16.0 Å². The Kier molecular flexibility index (Phi) is 5.21. The number of thioether (sulfide) groups is 1. The molecule has 1 aliphatic heterocycles. The van der Waals surface area contributed by atoms with E-state index in [1.165, 1.54) is 16.7 Å². The van der Waals surface area contributed by atoms with Crippen LogP contribution in [-0.4, -0.2) is 52.0 Å². The maximum atomic E-state index is 11.9. The number of rotatable bonds is 6. The summed E-state index contributed by atoms with van der Waals surface area (Å²) in [5.74, 6) is -0.873. The summed E-state index contributed by atoms with van der Waals surface area (Å²) in [7, 11) is 0. The zero-order valence-electron chi connectivity index (χ0n) is 11.3. The average Bonchev–Trinajstić information content (AvgIpc) is 2.84. The van der Waals surface area contributed by atoms with Crippen molar-refractivity contribution in [3.63, 3.8) is 0 Å². The lowest BCUT2D eigenvalue weighted by Crippen LogP contribution is -2.46. The zero-order valence-corrected chi connectivity index (χ0v) is 12.1. The van der Waals surface area contributed by atoms with Crippen LogP contribution in [0.4, 0.5) is 4.79 Å². The van der Waals surface area contributed by atoms with Gasteiger partial charge in [-0.05, 0) is 5.56 Å². The molecule has 1 saturated heterocycles. The molecule has 112 valence electrons. The van der Waals surface area contributed by atoms with E-state index in [1.807, 2.05) is 30.3 Å². The second-order valence-corrected chi connectivity index (χ2v) is 5.73. The molecule has 1 heterocycles. The third-order valence-electron chi connectivity index (χ3n) is 3.10. The Bertz CT molecular complexity index is 535. The van der Waals surface area contributed by atoms with Gasteiger partial charge >= 0.3 is 5.97 Å². The van der Waals surface area contributed by atoms with Crippen molar-refractivity contribution >= 4 is 28.9 Å². The number of hydrogen-bond donors (Lipinski definition) is 2. The highest BCUT2D eigenvalue weighted by Gasteiger charge is 2.26. The van der Waals surface area contributed by atoms with Gasteiger partial charge in [0, 0.05) is 18.7 Å². The molecule has 1 atom stereocenters. The highest BCUT2D eigenvalue weighted by molar-refractivity contribution is 8.13. The normalized spacial score (nSPS) is 15.8. The summed E-state index contributed by atoms with van der Waals surface area (Å²) in [6.07, 6.45) is 0.213. The van der Waals surface area contributed by atoms with Crippen molar-refractivity contribution in [1.82, 2.24) is 10.2 Å². The number of carbonyl (C=O) groups excluding carboxylic acids is 2. The molecule has 7 heteroatoms. The minimum atomic E-state index is -1.09. The van der Waals surface area contributed by atoms with E-state index >= 15 is 0 Å². The first kappa shape index (κ1) is 15.4. The van der Waals surface area contributed by atoms with Gasteiger partial charge in [0.2, 0.25) is 5.91 Å². The van der Waals surface area contributed by atoms with Gasteiger partial charge in [0.05, 0.1) is 0 Å². The third-order valence-corrected chi connectivity index (χ3v) is 3.99. The number of nitrogens with zero attached hydrogens (tertiary/aromatic N) is 1. The lowest BCUT2D eigenvalue weighted by atomic mass is 10.1. The summed E-state index contributed by atoms with van der Waals surface area (Å²) in [6.45, 7) is 0.428. The topological polar surface area (TPSA) is 86.7 Å². The molecule has 0 unspecified atom stereocenters. The molecule has 0 aliphatic carbocycles. The predicted molar refractivity (Wildman–Crippen MR) is 79.1 cm³/mol. The Hall–Kier alpha value is -2.02. The molecule has 6 nitrogen and oxygen atoms in total. The summed E-state index contributed by atoms with van der Waals surface area (Å²) < 4.78 is 0. The quantitative estimate of drug-likeness (QED) is 0.817. The number of benzene rings is 1.